The third-order valence-electron chi connectivity index (χ3n) is 6.24. The van der Waals surface area contributed by atoms with E-state index in [0.717, 1.165) is 25.3 Å². The van der Waals surface area contributed by atoms with Crippen LogP contribution in [-0.4, -0.2) is 80.4 Å². The molecule has 13 heteroatoms. The Morgan fingerprint density at radius 2 is 2.24 bits per heavy atom. The number of carbonyl (C=O) groups excluding carboxylic acids is 1. The summed E-state index contributed by atoms with van der Waals surface area (Å²) in [5, 5.41) is 33.7. The monoisotopic (exact) mass is 449 g/mol. The predicted octanol–water partition coefficient (Wildman–Crippen LogP) is -0.891. The van der Waals surface area contributed by atoms with E-state index in [1.807, 2.05) is 0 Å². The maximum Gasteiger partial charge on any atom is 0.284 e. The Labute approximate surface area is 190 Å². The average Bonchev–Trinajstić information content (AvgIpc) is 3.54. The fraction of sp³-hybridized carbons (Fsp3) is 0.550. The van der Waals surface area contributed by atoms with Crippen LogP contribution in [0.4, 0.5) is 0 Å². The summed E-state index contributed by atoms with van der Waals surface area (Å²) in [5.74, 6) is 0.518. The van der Waals surface area contributed by atoms with E-state index in [1.165, 1.54) is 0 Å². The second-order valence-corrected chi connectivity index (χ2v) is 8.40. The number of nitriles is 2. The predicted molar refractivity (Wildman–Crippen MR) is 114 cm³/mol. The molecule has 2 unspecified atom stereocenters. The summed E-state index contributed by atoms with van der Waals surface area (Å²) in [5.41, 5.74) is 3.30. The van der Waals surface area contributed by atoms with Crippen molar-refractivity contribution < 1.29 is 9.53 Å². The second kappa shape index (κ2) is 8.78. The SMILES string of the molecule is N#CC1=CN=C(N2CCC2)C(C2=NNC(C(=O)N[C@@H]3C[C@@H](Cn4ccnn4)N(C#N)C3)O2)C1. The first-order valence-corrected chi connectivity index (χ1v) is 10.9. The summed E-state index contributed by atoms with van der Waals surface area (Å²) < 4.78 is 7.53. The molecule has 0 aliphatic carbocycles. The number of amidine groups is 1. The van der Waals surface area contributed by atoms with Gasteiger partial charge in [-0.1, -0.05) is 5.21 Å². The van der Waals surface area contributed by atoms with Crippen molar-refractivity contribution in [1.29, 1.82) is 10.5 Å². The van der Waals surface area contributed by atoms with Gasteiger partial charge in [0.15, 0.2) is 6.19 Å². The topological polar surface area (TPSA) is 160 Å². The number of ether oxygens (including phenoxy) is 1. The number of hydrogen-bond acceptors (Lipinski definition) is 11. The maximum atomic E-state index is 12.8. The minimum absolute atomic E-state index is 0.0833. The standard InChI is InChI=1S/C20H23N11O2/c21-8-13-6-16(17(23-9-13)29-3-1-4-29)19-26-27-20(33-19)18(32)25-14-7-15(30(10-14)12-22)11-31-5-2-24-28-31/h2,5,9,14-16,20,27H,1,3-4,6-7,10-11H2,(H,25,32)/t14-,15+,16?,20?/m1/s1. The number of amides is 1. The van der Waals surface area contributed by atoms with Gasteiger partial charge in [0, 0.05) is 50.1 Å². The third kappa shape index (κ3) is 4.17. The maximum absolute atomic E-state index is 12.8. The summed E-state index contributed by atoms with van der Waals surface area (Å²) in [6.07, 6.45) is 8.27. The first-order valence-electron chi connectivity index (χ1n) is 10.9. The van der Waals surface area contributed by atoms with Gasteiger partial charge >= 0.3 is 0 Å². The molecule has 33 heavy (non-hydrogen) atoms. The highest BCUT2D eigenvalue weighted by Crippen LogP contribution is 2.27. The molecular weight excluding hydrogens is 426 g/mol. The van der Waals surface area contributed by atoms with E-state index in [1.54, 1.807) is 28.2 Å². The number of nitrogens with zero attached hydrogens (tertiary/aromatic N) is 9. The zero-order valence-corrected chi connectivity index (χ0v) is 17.8. The van der Waals surface area contributed by atoms with Gasteiger partial charge in [-0.05, 0) is 12.8 Å². The minimum atomic E-state index is -0.973. The van der Waals surface area contributed by atoms with Crippen LogP contribution in [-0.2, 0) is 16.1 Å². The normalized spacial score (nSPS) is 28.4. The fourth-order valence-corrected chi connectivity index (χ4v) is 4.43. The molecule has 0 aromatic carbocycles. The van der Waals surface area contributed by atoms with Crippen LogP contribution in [0.5, 0.6) is 0 Å². The van der Waals surface area contributed by atoms with E-state index in [9.17, 15) is 15.3 Å². The molecule has 170 valence electrons. The molecule has 2 N–H and O–H groups in total. The van der Waals surface area contributed by atoms with Crippen LogP contribution >= 0.6 is 0 Å². The van der Waals surface area contributed by atoms with E-state index in [4.69, 9.17) is 4.74 Å². The molecule has 1 aromatic rings. The first-order chi connectivity index (χ1) is 16.1. The highest BCUT2D eigenvalue weighted by molar-refractivity contribution is 6.05. The Morgan fingerprint density at radius 1 is 1.36 bits per heavy atom. The lowest BCUT2D eigenvalue weighted by Gasteiger charge is -2.37. The Balaban J connectivity index is 1.18. The summed E-state index contributed by atoms with van der Waals surface area (Å²) in [4.78, 5) is 21.1. The number of likely N-dealkylation sites (tertiary alicyclic amines) is 2. The molecule has 0 saturated carbocycles. The van der Waals surface area contributed by atoms with Gasteiger partial charge in [-0.2, -0.15) is 10.5 Å². The molecule has 1 aromatic heterocycles. The minimum Gasteiger partial charge on any atom is -0.444 e. The molecule has 4 aliphatic heterocycles. The number of aromatic nitrogens is 3. The lowest BCUT2D eigenvalue weighted by atomic mass is 9.94. The van der Waals surface area contributed by atoms with Gasteiger partial charge in [0.2, 0.25) is 5.90 Å². The van der Waals surface area contributed by atoms with Crippen LogP contribution in [0.2, 0.25) is 0 Å². The zero-order chi connectivity index (χ0) is 22.8. The van der Waals surface area contributed by atoms with Crippen molar-refractivity contribution in [2.24, 2.45) is 16.0 Å². The number of allylic oxidation sites excluding steroid dienone is 1. The van der Waals surface area contributed by atoms with Gasteiger partial charge in [0.1, 0.15) is 5.84 Å². The molecule has 4 atom stereocenters. The number of carbonyl (C=O) groups is 1. The fourth-order valence-electron chi connectivity index (χ4n) is 4.43. The van der Waals surface area contributed by atoms with E-state index >= 15 is 0 Å². The molecule has 0 spiro atoms. The van der Waals surface area contributed by atoms with E-state index < -0.39 is 6.23 Å². The first kappa shape index (κ1) is 20.8. The molecule has 4 aliphatic rings. The van der Waals surface area contributed by atoms with E-state index in [0.29, 0.717) is 37.4 Å². The molecular formula is C20H23N11O2. The molecule has 13 nitrogen and oxygen atoms in total. The summed E-state index contributed by atoms with van der Waals surface area (Å²) in [6, 6.07) is 1.86. The molecule has 0 radical (unpaired) electrons. The van der Waals surface area contributed by atoms with Gasteiger partial charge in [0.05, 0.1) is 30.8 Å². The molecule has 2 fully saturated rings. The Bertz CT molecular complexity index is 1080. The third-order valence-corrected chi connectivity index (χ3v) is 6.24. The lowest BCUT2D eigenvalue weighted by molar-refractivity contribution is -0.129. The van der Waals surface area contributed by atoms with Crippen molar-refractivity contribution in [3.8, 4) is 12.3 Å². The van der Waals surface area contributed by atoms with Crippen LogP contribution in [0.1, 0.15) is 19.3 Å². The van der Waals surface area contributed by atoms with Crippen LogP contribution in [0.3, 0.4) is 0 Å². The number of hydrogen-bond donors (Lipinski definition) is 2. The molecule has 5 rings (SSSR count). The van der Waals surface area contributed by atoms with Crippen molar-refractivity contribution in [3.63, 3.8) is 0 Å². The number of nitrogens with one attached hydrogen (secondary N) is 2. The highest BCUT2D eigenvalue weighted by Gasteiger charge is 2.40. The summed E-state index contributed by atoms with van der Waals surface area (Å²) in [7, 11) is 0. The Hall–Kier alpha value is -4.13. The van der Waals surface area contributed by atoms with Crippen LogP contribution < -0.4 is 10.7 Å². The second-order valence-electron chi connectivity index (χ2n) is 8.40. The van der Waals surface area contributed by atoms with Gasteiger partial charge in [-0.15, -0.1) is 10.2 Å². The van der Waals surface area contributed by atoms with E-state index in [-0.39, 0.29) is 23.9 Å². The van der Waals surface area contributed by atoms with E-state index in [2.05, 4.69) is 48.3 Å². The van der Waals surface area contributed by atoms with Gasteiger partial charge in [0.25, 0.3) is 12.1 Å². The smallest absolute Gasteiger partial charge is 0.284 e. The summed E-state index contributed by atoms with van der Waals surface area (Å²) >= 11 is 0. The van der Waals surface area contributed by atoms with Crippen LogP contribution in [0, 0.1) is 28.7 Å². The lowest BCUT2D eigenvalue weighted by Crippen LogP contribution is -2.49. The van der Waals surface area contributed by atoms with Crippen molar-refractivity contribution in [2.75, 3.05) is 19.6 Å². The zero-order valence-electron chi connectivity index (χ0n) is 17.8. The largest absolute Gasteiger partial charge is 0.444 e. The molecule has 2 saturated heterocycles. The average molecular weight is 449 g/mol. The Kier molecular flexibility index (Phi) is 5.52. The van der Waals surface area contributed by atoms with Crippen molar-refractivity contribution in [2.45, 2.75) is 44.1 Å². The van der Waals surface area contributed by atoms with Crippen molar-refractivity contribution in [1.82, 2.24) is 35.5 Å². The van der Waals surface area contributed by atoms with Crippen molar-refractivity contribution in [3.05, 3.63) is 24.2 Å². The van der Waals surface area contributed by atoms with Gasteiger partial charge in [-0.25, -0.2) is 4.99 Å². The van der Waals surface area contributed by atoms with Gasteiger partial charge in [-0.3, -0.25) is 14.9 Å². The molecule has 0 bridgehead atoms. The van der Waals surface area contributed by atoms with Crippen LogP contribution in [0.15, 0.2) is 34.3 Å². The Morgan fingerprint density at radius 3 is 2.94 bits per heavy atom. The highest BCUT2D eigenvalue weighted by atomic mass is 16.5. The number of hydrazone groups is 1. The number of rotatable bonds is 5. The number of aliphatic imine (C=N–C) groups is 1. The van der Waals surface area contributed by atoms with Crippen LogP contribution in [0.25, 0.3) is 0 Å². The van der Waals surface area contributed by atoms with Gasteiger partial charge < -0.3 is 19.9 Å². The van der Waals surface area contributed by atoms with Crippen molar-refractivity contribution >= 4 is 17.6 Å². The molecule has 1 amide bonds. The molecule has 5 heterocycles. The summed E-state index contributed by atoms with van der Waals surface area (Å²) in [6.45, 7) is 2.73. The quantitative estimate of drug-likeness (QED) is 0.543.